The Hall–Kier alpha value is -1.64. The Labute approximate surface area is 168 Å². The minimum Gasteiger partial charge on any atom is -0.383 e. The molecule has 1 N–H and O–H groups in total. The van der Waals surface area contributed by atoms with Crippen LogP contribution in [-0.2, 0) is 19.4 Å². The number of quaternary nitrogens is 1. The van der Waals surface area contributed by atoms with Crippen LogP contribution in [0.15, 0.2) is 24.3 Å². The van der Waals surface area contributed by atoms with Crippen molar-refractivity contribution < 1.29 is 22.8 Å². The summed E-state index contributed by atoms with van der Waals surface area (Å²) in [4.78, 5) is 18.4. The van der Waals surface area contributed by atoms with Gasteiger partial charge in [0, 0.05) is 25.4 Å². The Bertz CT molecular complexity index is 775. The number of methoxy groups -OCH3 is 1. The van der Waals surface area contributed by atoms with Crippen molar-refractivity contribution >= 4 is 21.4 Å². The van der Waals surface area contributed by atoms with Gasteiger partial charge in [-0.25, -0.2) is 8.42 Å². The molecule has 0 aromatic heterocycles. The zero-order valence-electron chi connectivity index (χ0n) is 16.9. The van der Waals surface area contributed by atoms with Gasteiger partial charge in [-0.1, -0.05) is 18.2 Å². The van der Waals surface area contributed by atoms with Crippen LogP contribution in [-0.4, -0.2) is 89.8 Å². The second-order valence-electron chi connectivity index (χ2n) is 7.84. The second-order valence-corrected chi connectivity index (χ2v) is 10.1. The van der Waals surface area contributed by atoms with Gasteiger partial charge in [0.2, 0.25) is 0 Å². The monoisotopic (exact) mass is 410 g/mol. The molecular weight excluding hydrogens is 378 g/mol. The Morgan fingerprint density at radius 3 is 2.61 bits per heavy atom. The molecule has 0 unspecified atom stereocenters. The lowest BCUT2D eigenvalue weighted by Crippen LogP contribution is -3.16. The second kappa shape index (κ2) is 9.24. The number of piperazine rings is 1. The fraction of sp³-hybridized carbons (Fsp3) is 0.650. The first kappa shape index (κ1) is 21.1. The molecule has 2 saturated heterocycles. The van der Waals surface area contributed by atoms with E-state index in [2.05, 4.69) is 36.1 Å². The number of nitrogens with one attached hydrogen (secondary N) is 1. The van der Waals surface area contributed by atoms with Crippen molar-refractivity contribution in [2.75, 3.05) is 69.4 Å². The number of anilines is 1. The summed E-state index contributed by atoms with van der Waals surface area (Å²) in [6.45, 7) is 7.08. The van der Waals surface area contributed by atoms with Crippen LogP contribution in [0.3, 0.4) is 0 Å². The molecule has 1 amide bonds. The molecule has 28 heavy (non-hydrogen) atoms. The highest BCUT2D eigenvalue weighted by Gasteiger charge is 2.36. The molecule has 1 aromatic rings. The maximum atomic E-state index is 13.0. The van der Waals surface area contributed by atoms with Crippen LogP contribution in [0.2, 0.25) is 0 Å². The lowest BCUT2D eigenvalue weighted by Gasteiger charge is -2.35. The van der Waals surface area contributed by atoms with Crippen molar-refractivity contribution in [2.24, 2.45) is 0 Å². The Balaban J connectivity index is 1.56. The Kier molecular flexibility index (Phi) is 6.95. The van der Waals surface area contributed by atoms with Crippen molar-refractivity contribution in [1.29, 1.82) is 0 Å². The molecule has 2 fully saturated rings. The minimum atomic E-state index is -3.02. The largest absolute Gasteiger partial charge is 0.383 e. The predicted molar refractivity (Wildman–Crippen MR) is 110 cm³/mol. The Morgan fingerprint density at radius 2 is 2.00 bits per heavy atom. The number of carbonyl (C=O) groups excluding carboxylic acids is 1. The standard InChI is InChI=1S/C20H31N3O4S/c1-17-5-3-4-6-19(17)22-10-8-21(9-11-22)15-20(24)23(12-13-27-2)18-7-14-28(25,26)16-18/h3-6,18H,7-16H2,1-2H3/p+1/t18-/m0/s1. The minimum absolute atomic E-state index is 0.0403. The summed E-state index contributed by atoms with van der Waals surface area (Å²) in [5, 5.41) is 0. The van der Waals surface area contributed by atoms with E-state index in [1.165, 1.54) is 16.2 Å². The van der Waals surface area contributed by atoms with Crippen molar-refractivity contribution in [1.82, 2.24) is 4.90 Å². The fourth-order valence-electron chi connectivity index (χ4n) is 4.20. The number of hydrogen-bond donors (Lipinski definition) is 1. The molecule has 2 aliphatic rings. The average molecular weight is 411 g/mol. The molecule has 7 nitrogen and oxygen atoms in total. The van der Waals surface area contributed by atoms with Crippen molar-refractivity contribution in [3.63, 3.8) is 0 Å². The number of carbonyl (C=O) groups is 1. The number of benzene rings is 1. The van der Waals surface area contributed by atoms with Gasteiger partial charge < -0.3 is 19.4 Å². The first-order valence-electron chi connectivity index (χ1n) is 10.0. The molecular formula is C20H32N3O4S+. The first-order valence-corrected chi connectivity index (χ1v) is 11.8. The zero-order valence-corrected chi connectivity index (χ0v) is 17.7. The number of nitrogens with zero attached hydrogens (tertiary/aromatic N) is 2. The highest BCUT2D eigenvalue weighted by molar-refractivity contribution is 7.91. The molecule has 2 aliphatic heterocycles. The van der Waals surface area contributed by atoms with E-state index in [0.717, 1.165) is 26.2 Å². The summed E-state index contributed by atoms with van der Waals surface area (Å²) in [6.07, 6.45) is 0.536. The summed E-state index contributed by atoms with van der Waals surface area (Å²) in [7, 11) is -1.42. The van der Waals surface area contributed by atoms with E-state index in [9.17, 15) is 13.2 Å². The van der Waals surface area contributed by atoms with Crippen LogP contribution in [0.25, 0.3) is 0 Å². The molecule has 2 heterocycles. The molecule has 1 atom stereocenters. The summed E-state index contributed by atoms with van der Waals surface area (Å²) in [5.41, 5.74) is 2.54. The van der Waals surface area contributed by atoms with E-state index >= 15 is 0 Å². The molecule has 8 heteroatoms. The molecule has 3 rings (SSSR count). The van der Waals surface area contributed by atoms with E-state index in [0.29, 0.717) is 26.1 Å². The van der Waals surface area contributed by atoms with Gasteiger partial charge in [0.1, 0.15) is 0 Å². The summed E-state index contributed by atoms with van der Waals surface area (Å²) < 4.78 is 28.8. The summed E-state index contributed by atoms with van der Waals surface area (Å²) in [6, 6.07) is 8.19. The SMILES string of the molecule is COCCN(C(=O)C[NH+]1CCN(c2ccccc2C)CC1)[C@H]1CCS(=O)(=O)C1. The average Bonchev–Trinajstić information content (AvgIpc) is 3.03. The molecule has 0 aliphatic carbocycles. The number of para-hydroxylation sites is 1. The lowest BCUT2D eigenvalue weighted by molar-refractivity contribution is -0.892. The van der Waals surface area contributed by atoms with E-state index in [4.69, 9.17) is 4.74 Å². The number of sulfone groups is 1. The van der Waals surface area contributed by atoms with Gasteiger partial charge in [-0.2, -0.15) is 0 Å². The molecule has 0 radical (unpaired) electrons. The normalized spacial score (nSPS) is 22.4. The van der Waals surface area contributed by atoms with Crippen LogP contribution in [0.5, 0.6) is 0 Å². The number of hydrogen-bond acceptors (Lipinski definition) is 5. The third-order valence-electron chi connectivity index (χ3n) is 5.83. The Morgan fingerprint density at radius 1 is 1.29 bits per heavy atom. The van der Waals surface area contributed by atoms with E-state index in [-0.39, 0.29) is 23.5 Å². The van der Waals surface area contributed by atoms with Crippen LogP contribution in [0.1, 0.15) is 12.0 Å². The van der Waals surface area contributed by atoms with Crippen molar-refractivity contribution in [3.8, 4) is 0 Å². The third-order valence-corrected chi connectivity index (χ3v) is 7.58. The highest BCUT2D eigenvalue weighted by atomic mass is 32.2. The van der Waals surface area contributed by atoms with Gasteiger partial charge in [0.05, 0.1) is 44.3 Å². The molecule has 0 bridgehead atoms. The topological polar surface area (TPSA) is 71.4 Å². The summed E-state index contributed by atoms with van der Waals surface area (Å²) in [5.74, 6) is 0.299. The van der Waals surface area contributed by atoms with Crippen LogP contribution >= 0.6 is 0 Å². The smallest absolute Gasteiger partial charge is 0.278 e. The van der Waals surface area contributed by atoms with Gasteiger partial charge in [0.25, 0.3) is 5.91 Å². The number of amides is 1. The lowest BCUT2D eigenvalue weighted by atomic mass is 10.1. The van der Waals surface area contributed by atoms with Gasteiger partial charge >= 0.3 is 0 Å². The number of aryl methyl sites for hydroxylation is 1. The predicted octanol–water partition coefficient (Wildman–Crippen LogP) is -0.638. The van der Waals surface area contributed by atoms with Gasteiger partial charge in [-0.15, -0.1) is 0 Å². The van der Waals surface area contributed by atoms with Gasteiger partial charge in [-0.05, 0) is 25.0 Å². The third kappa shape index (κ3) is 5.24. The highest BCUT2D eigenvalue weighted by Crippen LogP contribution is 2.19. The van der Waals surface area contributed by atoms with Crippen LogP contribution in [0, 0.1) is 6.92 Å². The first-order chi connectivity index (χ1) is 13.4. The number of rotatable bonds is 7. The summed E-state index contributed by atoms with van der Waals surface area (Å²) >= 11 is 0. The van der Waals surface area contributed by atoms with Crippen molar-refractivity contribution in [2.45, 2.75) is 19.4 Å². The van der Waals surface area contributed by atoms with Gasteiger partial charge in [-0.3, -0.25) is 4.79 Å². The van der Waals surface area contributed by atoms with Crippen molar-refractivity contribution in [3.05, 3.63) is 29.8 Å². The van der Waals surface area contributed by atoms with E-state index < -0.39 is 9.84 Å². The maximum Gasteiger partial charge on any atom is 0.278 e. The molecule has 156 valence electrons. The fourth-order valence-corrected chi connectivity index (χ4v) is 5.93. The molecule has 0 saturated carbocycles. The van der Waals surface area contributed by atoms with E-state index in [1.807, 2.05) is 0 Å². The zero-order chi connectivity index (χ0) is 20.1. The molecule has 0 spiro atoms. The maximum absolute atomic E-state index is 13.0. The van der Waals surface area contributed by atoms with Gasteiger partial charge in [0.15, 0.2) is 16.4 Å². The number of ether oxygens (including phenoxy) is 1. The van der Waals surface area contributed by atoms with E-state index in [1.54, 1.807) is 12.0 Å². The molecule has 1 aromatic carbocycles. The van der Waals surface area contributed by atoms with Crippen LogP contribution in [0.4, 0.5) is 5.69 Å². The quantitative estimate of drug-likeness (QED) is 0.648. The van der Waals surface area contributed by atoms with Crippen LogP contribution < -0.4 is 9.80 Å².